The van der Waals surface area contributed by atoms with E-state index in [-0.39, 0.29) is 5.91 Å². The molecule has 5 aromatic rings. The van der Waals surface area contributed by atoms with Crippen molar-refractivity contribution >= 4 is 28.0 Å². The molecule has 9 nitrogen and oxygen atoms in total. The maximum atomic E-state index is 13.3. The molecular formula is C35H41N7O2. The Morgan fingerprint density at radius 3 is 2.50 bits per heavy atom. The quantitative estimate of drug-likeness (QED) is 0.272. The second-order valence-electron chi connectivity index (χ2n) is 12.4. The second-order valence-corrected chi connectivity index (χ2v) is 12.4. The monoisotopic (exact) mass is 591 g/mol. The van der Waals surface area contributed by atoms with Crippen LogP contribution in [0.15, 0.2) is 60.9 Å². The van der Waals surface area contributed by atoms with Crippen LogP contribution in [0.4, 0.5) is 5.69 Å². The van der Waals surface area contributed by atoms with Crippen molar-refractivity contribution in [1.82, 2.24) is 28.7 Å². The third kappa shape index (κ3) is 5.14. The van der Waals surface area contributed by atoms with Gasteiger partial charge in [-0.2, -0.15) is 0 Å². The topological polar surface area (TPSA) is 79.9 Å². The van der Waals surface area contributed by atoms with Crippen LogP contribution < -0.4 is 10.1 Å². The molecule has 1 saturated heterocycles. The Morgan fingerprint density at radius 2 is 1.75 bits per heavy atom. The smallest absolute Gasteiger partial charge is 0.272 e. The van der Waals surface area contributed by atoms with E-state index in [9.17, 15) is 4.79 Å². The number of methoxy groups -OCH3 is 1. The number of nitrogens with zero attached hydrogens (tertiary/aromatic N) is 6. The lowest BCUT2D eigenvalue weighted by atomic mass is 9.84. The molecule has 2 fully saturated rings. The van der Waals surface area contributed by atoms with Gasteiger partial charge >= 0.3 is 0 Å². The number of imidazole rings is 1. The summed E-state index contributed by atoms with van der Waals surface area (Å²) in [7, 11) is 5.76. The maximum Gasteiger partial charge on any atom is 0.272 e. The van der Waals surface area contributed by atoms with E-state index >= 15 is 0 Å². The highest BCUT2D eigenvalue weighted by Gasteiger charge is 2.31. The van der Waals surface area contributed by atoms with Crippen LogP contribution in [0.1, 0.15) is 53.6 Å². The number of carbonyl (C=O) groups is 1. The molecule has 44 heavy (non-hydrogen) atoms. The molecule has 1 amide bonds. The number of hydrogen-bond donors (Lipinski definition) is 1. The van der Waals surface area contributed by atoms with Crippen molar-refractivity contribution in [1.29, 1.82) is 0 Å². The molecule has 0 radical (unpaired) electrons. The summed E-state index contributed by atoms with van der Waals surface area (Å²) >= 11 is 0. The van der Waals surface area contributed by atoms with E-state index in [0.717, 1.165) is 65.1 Å². The van der Waals surface area contributed by atoms with Crippen LogP contribution >= 0.6 is 0 Å². The molecule has 1 saturated carbocycles. The summed E-state index contributed by atoms with van der Waals surface area (Å²) in [6, 6.07) is 16.5. The average molecular weight is 592 g/mol. The minimum atomic E-state index is -0.184. The Kier molecular flexibility index (Phi) is 7.60. The fourth-order valence-electron chi connectivity index (χ4n) is 7.23. The molecule has 1 aliphatic heterocycles. The summed E-state index contributed by atoms with van der Waals surface area (Å²) in [5.74, 6) is 1.93. The number of fused-ring (bicyclic) bond motifs is 2. The number of likely N-dealkylation sites (N-methyl/N-ethyl adjacent to an activating group) is 1. The number of benzene rings is 2. The van der Waals surface area contributed by atoms with E-state index in [2.05, 4.69) is 37.7 Å². The molecule has 0 spiro atoms. The first-order valence-corrected chi connectivity index (χ1v) is 15.7. The Hall–Kier alpha value is -4.21. The fraction of sp³-hybridized carbons (Fsp3) is 0.400. The van der Waals surface area contributed by atoms with Crippen molar-refractivity contribution in [2.75, 3.05) is 45.7 Å². The zero-order chi connectivity index (χ0) is 30.4. The third-order valence-corrected chi connectivity index (χ3v) is 9.79. The standard InChI is InChI=1S/C35H41N7O2/c1-23-33-32(38-34(42(33)16-15-36-23)24-9-12-27(13-10-24)41-19-17-39(2)18-20-41)26-11-14-28(31(22-26)44-4)37-35(43)30-21-25-7-5-6-8-29(25)40(30)3/h5-8,11,14-16,21-22,24,27H,9-10,12-13,17-20H2,1-4H3,(H,37,43). The number of amides is 1. The molecule has 2 aliphatic rings. The molecule has 0 atom stereocenters. The number of ether oxygens (including phenoxy) is 1. The van der Waals surface area contributed by atoms with Gasteiger partial charge in [-0.25, -0.2) is 4.98 Å². The van der Waals surface area contributed by atoms with Gasteiger partial charge in [-0.15, -0.1) is 0 Å². The molecule has 0 bridgehead atoms. The third-order valence-electron chi connectivity index (χ3n) is 9.79. The molecule has 228 valence electrons. The highest BCUT2D eigenvalue weighted by atomic mass is 16.5. The van der Waals surface area contributed by atoms with Gasteiger partial charge in [0.25, 0.3) is 5.91 Å². The molecule has 3 aromatic heterocycles. The van der Waals surface area contributed by atoms with Gasteiger partial charge in [-0.05, 0) is 63.9 Å². The molecule has 2 aromatic carbocycles. The number of piperazine rings is 1. The summed E-state index contributed by atoms with van der Waals surface area (Å²) in [4.78, 5) is 28.4. The van der Waals surface area contributed by atoms with E-state index in [1.54, 1.807) is 7.11 Å². The molecule has 1 N–H and O–H groups in total. The number of hydrogen-bond acceptors (Lipinski definition) is 6. The second kappa shape index (κ2) is 11.7. The molecule has 0 unspecified atom stereocenters. The molecule has 7 rings (SSSR count). The average Bonchev–Trinajstić information content (AvgIpc) is 3.61. The van der Waals surface area contributed by atoms with Crippen LogP contribution in [0, 0.1) is 6.92 Å². The van der Waals surface area contributed by atoms with Crippen LogP contribution in [0.3, 0.4) is 0 Å². The van der Waals surface area contributed by atoms with Crippen LogP contribution in [-0.2, 0) is 7.05 Å². The summed E-state index contributed by atoms with van der Waals surface area (Å²) in [6.45, 7) is 6.72. The first kappa shape index (κ1) is 28.6. The van der Waals surface area contributed by atoms with Crippen molar-refractivity contribution in [2.24, 2.45) is 7.05 Å². The van der Waals surface area contributed by atoms with Crippen LogP contribution in [0.2, 0.25) is 0 Å². The normalized spacial score (nSPS) is 19.9. The van der Waals surface area contributed by atoms with Crippen molar-refractivity contribution in [3.8, 4) is 17.0 Å². The van der Waals surface area contributed by atoms with Crippen molar-refractivity contribution < 1.29 is 9.53 Å². The van der Waals surface area contributed by atoms with Gasteiger partial charge in [-0.3, -0.25) is 19.1 Å². The van der Waals surface area contributed by atoms with E-state index in [1.165, 1.54) is 25.9 Å². The lowest BCUT2D eigenvalue weighted by Crippen LogP contribution is -2.49. The fourth-order valence-corrected chi connectivity index (χ4v) is 7.23. The zero-order valence-corrected chi connectivity index (χ0v) is 26.1. The summed E-state index contributed by atoms with van der Waals surface area (Å²) < 4.78 is 9.96. The number of aryl methyl sites for hydroxylation is 2. The number of nitrogens with one attached hydrogen (secondary N) is 1. The lowest BCUT2D eigenvalue weighted by Gasteiger charge is -2.41. The van der Waals surface area contributed by atoms with Gasteiger partial charge in [0.05, 0.1) is 29.7 Å². The van der Waals surface area contributed by atoms with E-state index in [4.69, 9.17) is 9.72 Å². The Balaban J connectivity index is 1.15. The lowest BCUT2D eigenvalue weighted by molar-refractivity contribution is 0.0872. The van der Waals surface area contributed by atoms with Gasteiger partial charge in [0, 0.05) is 74.0 Å². The Labute approximate surface area is 258 Å². The van der Waals surface area contributed by atoms with Gasteiger partial charge in [-0.1, -0.05) is 24.3 Å². The predicted octanol–water partition coefficient (Wildman–Crippen LogP) is 5.73. The number of aromatic nitrogens is 4. The predicted molar refractivity (Wildman–Crippen MR) is 175 cm³/mol. The van der Waals surface area contributed by atoms with E-state index in [1.807, 2.05) is 73.3 Å². The number of carbonyl (C=O) groups excluding carboxylic acids is 1. The number of para-hydroxylation sites is 1. The molecule has 4 heterocycles. The van der Waals surface area contributed by atoms with E-state index in [0.29, 0.717) is 29.1 Å². The van der Waals surface area contributed by atoms with Crippen LogP contribution in [0.25, 0.3) is 27.7 Å². The SMILES string of the molecule is COc1cc(-c2nc(C3CCC(N4CCN(C)CC4)CC3)n3ccnc(C)c23)ccc1NC(=O)c1cc2ccccc2n1C. The molecule has 9 heteroatoms. The number of rotatable bonds is 6. The first-order valence-electron chi connectivity index (χ1n) is 15.7. The maximum absolute atomic E-state index is 13.3. The van der Waals surface area contributed by atoms with Gasteiger partial charge in [0.2, 0.25) is 0 Å². The molecular weight excluding hydrogens is 550 g/mol. The van der Waals surface area contributed by atoms with Crippen LogP contribution in [0.5, 0.6) is 5.75 Å². The van der Waals surface area contributed by atoms with Crippen molar-refractivity contribution in [3.05, 3.63) is 78.1 Å². The largest absolute Gasteiger partial charge is 0.495 e. The number of anilines is 1. The summed E-state index contributed by atoms with van der Waals surface area (Å²) in [5, 5.41) is 4.10. The van der Waals surface area contributed by atoms with Crippen molar-refractivity contribution in [3.63, 3.8) is 0 Å². The zero-order valence-electron chi connectivity index (χ0n) is 26.1. The van der Waals surface area contributed by atoms with Gasteiger partial charge in [0.1, 0.15) is 17.3 Å². The summed E-state index contributed by atoms with van der Waals surface area (Å²) in [5.41, 5.74) is 6.03. The minimum absolute atomic E-state index is 0.184. The van der Waals surface area contributed by atoms with Gasteiger partial charge in [0.15, 0.2) is 0 Å². The Bertz CT molecular complexity index is 1820. The highest BCUT2D eigenvalue weighted by molar-refractivity contribution is 6.07. The first-order chi connectivity index (χ1) is 21.4. The highest BCUT2D eigenvalue weighted by Crippen LogP contribution is 2.39. The Morgan fingerprint density at radius 1 is 0.977 bits per heavy atom. The van der Waals surface area contributed by atoms with E-state index < -0.39 is 0 Å². The minimum Gasteiger partial charge on any atom is -0.495 e. The van der Waals surface area contributed by atoms with Gasteiger partial charge < -0.3 is 19.5 Å². The summed E-state index contributed by atoms with van der Waals surface area (Å²) in [6.07, 6.45) is 8.62. The van der Waals surface area contributed by atoms with Crippen LogP contribution in [-0.4, -0.2) is 81.0 Å². The van der Waals surface area contributed by atoms with Crippen molar-refractivity contribution in [2.45, 2.75) is 44.6 Å². The molecule has 1 aliphatic carbocycles.